The van der Waals surface area contributed by atoms with E-state index in [-0.39, 0.29) is 23.5 Å². The van der Waals surface area contributed by atoms with Crippen molar-refractivity contribution in [2.24, 2.45) is 5.41 Å². The van der Waals surface area contributed by atoms with E-state index in [0.29, 0.717) is 18.3 Å². The molecule has 1 aliphatic heterocycles. The van der Waals surface area contributed by atoms with E-state index in [4.69, 9.17) is 9.47 Å². The number of amides is 1. The molecule has 23 heavy (non-hydrogen) atoms. The highest BCUT2D eigenvalue weighted by Crippen LogP contribution is 2.50. The quantitative estimate of drug-likeness (QED) is 0.902. The van der Waals surface area contributed by atoms with Crippen LogP contribution in [0.15, 0.2) is 12.5 Å². The second-order valence-corrected chi connectivity index (χ2v) is 6.85. The Morgan fingerprint density at radius 2 is 2.26 bits per heavy atom. The van der Waals surface area contributed by atoms with Gasteiger partial charge in [-0.1, -0.05) is 0 Å². The summed E-state index contributed by atoms with van der Waals surface area (Å²) in [6.45, 7) is 8.37. The van der Waals surface area contributed by atoms with Crippen LogP contribution in [0.5, 0.6) is 0 Å². The third kappa shape index (κ3) is 3.02. The zero-order chi connectivity index (χ0) is 16.4. The maximum atomic E-state index is 12.5. The van der Waals surface area contributed by atoms with Gasteiger partial charge < -0.3 is 19.4 Å². The van der Waals surface area contributed by atoms with Crippen molar-refractivity contribution in [1.82, 2.24) is 14.9 Å². The van der Waals surface area contributed by atoms with Crippen LogP contribution in [0.4, 0.5) is 0 Å². The average molecular weight is 321 g/mol. The van der Waals surface area contributed by atoms with Crippen molar-refractivity contribution < 1.29 is 14.3 Å². The van der Waals surface area contributed by atoms with Crippen molar-refractivity contribution in [2.75, 3.05) is 19.8 Å². The van der Waals surface area contributed by atoms with Gasteiger partial charge in [0.2, 0.25) is 0 Å². The summed E-state index contributed by atoms with van der Waals surface area (Å²) in [5, 5.41) is 3.18. The monoisotopic (exact) mass is 321 g/mol. The van der Waals surface area contributed by atoms with Crippen LogP contribution in [0.3, 0.4) is 0 Å². The smallest absolute Gasteiger partial charge is 0.271 e. The molecule has 2 atom stereocenters. The number of hydrogen-bond donors (Lipinski definition) is 1. The SMILES string of the molecule is CCO[C@@H]1C[C@@H](NC(=O)c2cn(C(C)C)cn2)C12CCOCC2. The normalized spacial score (nSPS) is 26.3. The summed E-state index contributed by atoms with van der Waals surface area (Å²) in [7, 11) is 0. The number of carbonyl (C=O) groups is 1. The molecule has 1 saturated heterocycles. The van der Waals surface area contributed by atoms with Crippen LogP contribution in [0, 0.1) is 5.41 Å². The van der Waals surface area contributed by atoms with Gasteiger partial charge in [-0.2, -0.15) is 0 Å². The lowest BCUT2D eigenvalue weighted by Gasteiger charge is -2.57. The summed E-state index contributed by atoms with van der Waals surface area (Å²) in [5.41, 5.74) is 0.519. The molecule has 1 spiro atoms. The van der Waals surface area contributed by atoms with Crippen molar-refractivity contribution in [3.8, 4) is 0 Å². The molecule has 2 fully saturated rings. The Balaban J connectivity index is 1.67. The molecule has 0 unspecified atom stereocenters. The van der Waals surface area contributed by atoms with Gasteiger partial charge in [-0.3, -0.25) is 4.79 Å². The number of imidazole rings is 1. The molecule has 1 saturated carbocycles. The lowest BCUT2D eigenvalue weighted by atomic mass is 9.57. The fourth-order valence-corrected chi connectivity index (χ4v) is 3.78. The molecule has 1 amide bonds. The summed E-state index contributed by atoms with van der Waals surface area (Å²) in [5.74, 6) is -0.0878. The van der Waals surface area contributed by atoms with Crippen LogP contribution < -0.4 is 5.32 Å². The van der Waals surface area contributed by atoms with Crippen molar-refractivity contribution in [3.05, 3.63) is 18.2 Å². The van der Waals surface area contributed by atoms with Gasteiger partial charge in [0, 0.05) is 43.5 Å². The number of hydrogen-bond acceptors (Lipinski definition) is 4. The van der Waals surface area contributed by atoms with Gasteiger partial charge in [0.25, 0.3) is 5.91 Å². The maximum Gasteiger partial charge on any atom is 0.271 e. The summed E-state index contributed by atoms with van der Waals surface area (Å²) in [6.07, 6.45) is 6.54. The molecule has 128 valence electrons. The first-order valence-corrected chi connectivity index (χ1v) is 8.60. The third-order valence-corrected chi connectivity index (χ3v) is 5.31. The Morgan fingerprint density at radius 1 is 1.52 bits per heavy atom. The van der Waals surface area contributed by atoms with E-state index in [1.165, 1.54) is 0 Å². The molecule has 1 aromatic heterocycles. The predicted molar refractivity (Wildman–Crippen MR) is 86.4 cm³/mol. The topological polar surface area (TPSA) is 65.4 Å². The van der Waals surface area contributed by atoms with Gasteiger partial charge in [0.1, 0.15) is 5.69 Å². The van der Waals surface area contributed by atoms with E-state index in [1.54, 1.807) is 6.33 Å². The number of nitrogens with one attached hydrogen (secondary N) is 1. The minimum atomic E-state index is -0.0878. The third-order valence-electron chi connectivity index (χ3n) is 5.31. The molecule has 2 aliphatic rings. The van der Waals surface area contributed by atoms with Gasteiger partial charge in [-0.15, -0.1) is 0 Å². The fraction of sp³-hybridized carbons (Fsp3) is 0.765. The molecule has 0 bridgehead atoms. The van der Waals surface area contributed by atoms with E-state index < -0.39 is 0 Å². The molecular weight excluding hydrogens is 294 g/mol. The molecule has 1 aliphatic carbocycles. The highest BCUT2D eigenvalue weighted by Gasteiger charge is 2.56. The average Bonchev–Trinajstić information content (AvgIpc) is 3.05. The van der Waals surface area contributed by atoms with Crippen molar-refractivity contribution in [2.45, 2.75) is 58.2 Å². The van der Waals surface area contributed by atoms with Crippen LogP contribution >= 0.6 is 0 Å². The minimum Gasteiger partial charge on any atom is -0.381 e. The number of rotatable bonds is 5. The number of nitrogens with zero attached hydrogens (tertiary/aromatic N) is 2. The highest BCUT2D eigenvalue weighted by molar-refractivity contribution is 5.92. The predicted octanol–water partition coefficient (Wildman–Crippen LogP) is 2.17. The van der Waals surface area contributed by atoms with Gasteiger partial charge in [-0.25, -0.2) is 4.98 Å². The Labute approximate surface area is 137 Å². The number of carbonyl (C=O) groups excluding carboxylic acids is 1. The Hall–Kier alpha value is -1.40. The van der Waals surface area contributed by atoms with Gasteiger partial charge in [0.05, 0.1) is 12.4 Å². The van der Waals surface area contributed by atoms with Crippen molar-refractivity contribution >= 4 is 5.91 Å². The van der Waals surface area contributed by atoms with E-state index >= 15 is 0 Å². The van der Waals surface area contributed by atoms with Gasteiger partial charge in [0.15, 0.2) is 0 Å². The highest BCUT2D eigenvalue weighted by atomic mass is 16.5. The second-order valence-electron chi connectivity index (χ2n) is 6.85. The minimum absolute atomic E-state index is 0.0323. The van der Waals surface area contributed by atoms with E-state index in [9.17, 15) is 4.79 Å². The molecule has 0 radical (unpaired) electrons. The lowest BCUT2D eigenvalue weighted by Crippen LogP contribution is -2.66. The molecule has 0 aromatic carbocycles. The Bertz CT molecular complexity index is 549. The van der Waals surface area contributed by atoms with Crippen molar-refractivity contribution in [1.29, 1.82) is 0 Å². The molecular formula is C17H27N3O3. The van der Waals surface area contributed by atoms with Crippen LogP contribution in [0.2, 0.25) is 0 Å². The van der Waals surface area contributed by atoms with E-state index in [0.717, 1.165) is 32.5 Å². The van der Waals surface area contributed by atoms with Crippen molar-refractivity contribution in [3.63, 3.8) is 0 Å². The summed E-state index contributed by atoms with van der Waals surface area (Å²) in [4.78, 5) is 16.7. The molecule has 6 nitrogen and oxygen atoms in total. The zero-order valence-electron chi connectivity index (χ0n) is 14.2. The first kappa shape index (κ1) is 16.5. The molecule has 2 heterocycles. The number of aromatic nitrogens is 2. The Morgan fingerprint density at radius 3 is 2.87 bits per heavy atom. The van der Waals surface area contributed by atoms with Gasteiger partial charge in [-0.05, 0) is 40.0 Å². The van der Waals surface area contributed by atoms with Crippen LogP contribution in [0.1, 0.15) is 56.6 Å². The largest absolute Gasteiger partial charge is 0.381 e. The summed E-state index contributed by atoms with van der Waals surface area (Å²) in [6, 6.07) is 0.455. The second kappa shape index (κ2) is 6.61. The molecule has 3 rings (SSSR count). The first-order chi connectivity index (χ1) is 11.1. The Kier molecular flexibility index (Phi) is 4.73. The maximum absolute atomic E-state index is 12.5. The van der Waals surface area contributed by atoms with Gasteiger partial charge >= 0.3 is 0 Å². The lowest BCUT2D eigenvalue weighted by molar-refractivity contribution is -0.170. The standard InChI is InChI=1S/C17H27N3O3/c1-4-23-15-9-14(17(15)5-7-22-8-6-17)19-16(21)13-10-20(11-18-13)12(2)3/h10-12,14-15H,4-9H2,1-3H3,(H,19,21)/t14-,15-/m1/s1. The zero-order valence-corrected chi connectivity index (χ0v) is 14.2. The summed E-state index contributed by atoms with van der Waals surface area (Å²) >= 11 is 0. The van der Waals surface area contributed by atoms with Crippen LogP contribution in [0.25, 0.3) is 0 Å². The molecule has 1 N–H and O–H groups in total. The van der Waals surface area contributed by atoms with E-state index in [1.807, 2.05) is 17.7 Å². The van der Waals surface area contributed by atoms with Crippen LogP contribution in [-0.4, -0.2) is 47.4 Å². The molecule has 1 aromatic rings. The molecule has 6 heteroatoms. The number of ether oxygens (including phenoxy) is 2. The summed E-state index contributed by atoms with van der Waals surface area (Å²) < 4.78 is 13.4. The first-order valence-electron chi connectivity index (χ1n) is 8.60. The fourth-order valence-electron chi connectivity index (χ4n) is 3.78. The van der Waals surface area contributed by atoms with E-state index in [2.05, 4.69) is 24.1 Å². The van der Waals surface area contributed by atoms with Crippen LogP contribution in [-0.2, 0) is 9.47 Å².